The first-order valence-electron chi connectivity index (χ1n) is 10.1. The molecule has 0 saturated heterocycles. The van der Waals surface area contributed by atoms with Crippen molar-refractivity contribution in [3.63, 3.8) is 0 Å². The van der Waals surface area contributed by atoms with E-state index in [1.54, 1.807) is 23.5 Å². The van der Waals surface area contributed by atoms with Gasteiger partial charge in [0.25, 0.3) is 5.91 Å². The minimum Gasteiger partial charge on any atom is -0.365 e. The first-order chi connectivity index (χ1) is 15.0. The molecule has 9 heteroatoms. The molecular weight excluding hydrogens is 410 g/mol. The maximum atomic E-state index is 11.9. The number of primary amides is 1. The van der Waals surface area contributed by atoms with Crippen molar-refractivity contribution in [2.75, 3.05) is 18.9 Å². The lowest BCUT2D eigenvalue weighted by Crippen LogP contribution is -2.29. The van der Waals surface area contributed by atoms with E-state index in [0.29, 0.717) is 23.6 Å². The largest absolute Gasteiger partial charge is 0.365 e. The van der Waals surface area contributed by atoms with E-state index in [1.165, 1.54) is 4.88 Å². The van der Waals surface area contributed by atoms with Crippen LogP contribution in [0.1, 0.15) is 32.2 Å². The Bertz CT molecular complexity index is 1280. The van der Waals surface area contributed by atoms with Crippen LogP contribution in [0.2, 0.25) is 0 Å². The number of nitrogens with zero attached hydrogens (tertiary/aromatic N) is 5. The molecule has 0 aliphatic carbocycles. The summed E-state index contributed by atoms with van der Waals surface area (Å²) in [7, 11) is 2.11. The summed E-state index contributed by atoms with van der Waals surface area (Å²) >= 11 is 1.72. The van der Waals surface area contributed by atoms with Gasteiger partial charge in [0.05, 0.1) is 23.5 Å². The number of anilines is 1. The third-order valence-corrected chi connectivity index (χ3v) is 6.44. The number of aryl methyl sites for hydroxylation is 1. The molecule has 4 aromatic heterocycles. The lowest BCUT2D eigenvalue weighted by Gasteiger charge is -2.26. The van der Waals surface area contributed by atoms with E-state index < -0.39 is 5.91 Å². The number of fused-ring (bicyclic) bond motifs is 2. The smallest absolute Gasteiger partial charge is 0.252 e. The lowest BCUT2D eigenvalue weighted by atomic mass is 10.1. The van der Waals surface area contributed by atoms with E-state index >= 15 is 0 Å². The number of amides is 1. The van der Waals surface area contributed by atoms with Crippen molar-refractivity contribution in [3.05, 3.63) is 63.2 Å². The highest BCUT2D eigenvalue weighted by Gasteiger charge is 2.24. The Morgan fingerprint density at radius 2 is 2.13 bits per heavy atom. The number of imidazole rings is 1. The van der Waals surface area contributed by atoms with Gasteiger partial charge in [-0.05, 0) is 37.6 Å². The summed E-state index contributed by atoms with van der Waals surface area (Å²) in [5.74, 6) is 0.943. The SMILES string of the molecule is Cc1nc2c(C(N)=O)cccn2c1-c1nc2c(c(NCc3cccs3)n1)CN(C)CC2. The normalized spacial score (nSPS) is 14.0. The summed E-state index contributed by atoms with van der Waals surface area (Å²) in [6.07, 6.45) is 2.73. The Morgan fingerprint density at radius 3 is 2.90 bits per heavy atom. The minimum atomic E-state index is -0.505. The van der Waals surface area contributed by atoms with Crippen LogP contribution in [-0.4, -0.2) is 43.8 Å². The quantitative estimate of drug-likeness (QED) is 0.502. The van der Waals surface area contributed by atoms with Crippen molar-refractivity contribution in [1.82, 2.24) is 24.3 Å². The predicted octanol–water partition coefficient (Wildman–Crippen LogP) is 2.86. The van der Waals surface area contributed by atoms with Crippen LogP contribution in [-0.2, 0) is 19.5 Å². The molecule has 0 saturated carbocycles. The standard InChI is InChI=1S/C22H23N7OS/c1-13-18(29-8-3-6-15(19(23)30)22(29)25-13)21-26-17-7-9-28(2)12-16(17)20(27-21)24-11-14-5-4-10-31-14/h3-6,8,10H,7,9,11-12H2,1-2H3,(H2,23,30)(H,24,26,27). The fourth-order valence-electron chi connectivity index (χ4n) is 4.03. The number of likely N-dealkylation sites (N-methyl/N-ethyl adjacent to an activating group) is 1. The van der Waals surface area contributed by atoms with Crippen LogP contribution in [0.4, 0.5) is 5.82 Å². The number of aromatic nitrogens is 4. The molecule has 158 valence electrons. The molecule has 0 unspecified atom stereocenters. The molecule has 0 bridgehead atoms. The summed E-state index contributed by atoms with van der Waals surface area (Å²) in [4.78, 5) is 29.9. The Hall–Kier alpha value is -3.30. The number of nitrogens with two attached hydrogens (primary N) is 1. The number of hydrogen-bond acceptors (Lipinski definition) is 7. The summed E-state index contributed by atoms with van der Waals surface area (Å²) in [6, 6.07) is 7.64. The van der Waals surface area contributed by atoms with Crippen LogP contribution in [0, 0.1) is 6.92 Å². The zero-order valence-electron chi connectivity index (χ0n) is 17.4. The van der Waals surface area contributed by atoms with Gasteiger partial charge in [-0.25, -0.2) is 15.0 Å². The van der Waals surface area contributed by atoms with E-state index in [-0.39, 0.29) is 0 Å². The predicted molar refractivity (Wildman–Crippen MR) is 121 cm³/mol. The molecule has 5 heterocycles. The highest BCUT2D eigenvalue weighted by molar-refractivity contribution is 7.09. The van der Waals surface area contributed by atoms with Crippen molar-refractivity contribution >= 4 is 28.7 Å². The van der Waals surface area contributed by atoms with E-state index in [1.807, 2.05) is 17.5 Å². The lowest BCUT2D eigenvalue weighted by molar-refractivity contribution is 0.100. The molecule has 5 rings (SSSR count). The van der Waals surface area contributed by atoms with Gasteiger partial charge in [0.1, 0.15) is 17.2 Å². The summed E-state index contributed by atoms with van der Waals surface area (Å²) in [5, 5.41) is 5.60. The van der Waals surface area contributed by atoms with E-state index in [2.05, 4.69) is 39.8 Å². The van der Waals surface area contributed by atoms with Crippen LogP contribution < -0.4 is 11.1 Å². The molecule has 8 nitrogen and oxygen atoms in total. The zero-order chi connectivity index (χ0) is 21.5. The second-order valence-corrected chi connectivity index (χ2v) is 8.80. The van der Waals surface area contributed by atoms with Gasteiger partial charge in [-0.3, -0.25) is 9.20 Å². The Morgan fingerprint density at radius 1 is 1.26 bits per heavy atom. The highest BCUT2D eigenvalue weighted by atomic mass is 32.1. The average molecular weight is 434 g/mol. The van der Waals surface area contributed by atoms with Crippen molar-refractivity contribution < 1.29 is 4.79 Å². The summed E-state index contributed by atoms with van der Waals surface area (Å²) in [6.45, 7) is 4.37. The maximum Gasteiger partial charge on any atom is 0.252 e. The first kappa shape index (κ1) is 19.7. The second kappa shape index (κ2) is 7.75. The molecule has 1 aliphatic heterocycles. The Kier molecular flexibility index (Phi) is 4.91. The van der Waals surface area contributed by atoms with Crippen LogP contribution >= 0.6 is 11.3 Å². The third kappa shape index (κ3) is 3.55. The first-order valence-corrected chi connectivity index (χ1v) is 11.0. The monoisotopic (exact) mass is 433 g/mol. The molecule has 31 heavy (non-hydrogen) atoms. The molecule has 0 fully saturated rings. The van der Waals surface area contributed by atoms with Gasteiger partial charge >= 0.3 is 0 Å². The number of rotatable bonds is 5. The number of carbonyl (C=O) groups is 1. The molecule has 3 N–H and O–H groups in total. The highest BCUT2D eigenvalue weighted by Crippen LogP contribution is 2.30. The average Bonchev–Trinajstić information content (AvgIpc) is 3.38. The fraction of sp³-hybridized carbons (Fsp3) is 0.273. The number of carbonyl (C=O) groups excluding carboxylic acids is 1. The fourth-order valence-corrected chi connectivity index (χ4v) is 4.67. The van der Waals surface area contributed by atoms with E-state index in [4.69, 9.17) is 15.7 Å². The molecule has 0 radical (unpaired) electrons. The Balaban J connectivity index is 1.64. The summed E-state index contributed by atoms with van der Waals surface area (Å²) in [5.41, 5.74) is 10.2. The van der Waals surface area contributed by atoms with Gasteiger partial charge in [-0.2, -0.15) is 0 Å². The topological polar surface area (TPSA) is 101 Å². The molecule has 4 aromatic rings. The van der Waals surface area contributed by atoms with E-state index in [0.717, 1.165) is 48.0 Å². The van der Waals surface area contributed by atoms with E-state index in [9.17, 15) is 4.79 Å². The Labute approximate surface area is 183 Å². The number of nitrogens with one attached hydrogen (secondary N) is 1. The number of thiophene rings is 1. The van der Waals surface area contributed by atoms with Crippen molar-refractivity contribution in [1.29, 1.82) is 0 Å². The molecule has 1 amide bonds. The second-order valence-electron chi connectivity index (χ2n) is 7.77. The third-order valence-electron chi connectivity index (χ3n) is 5.56. The van der Waals surface area contributed by atoms with Gasteiger partial charge in [0.2, 0.25) is 0 Å². The minimum absolute atomic E-state index is 0.382. The van der Waals surface area contributed by atoms with Gasteiger partial charge in [0, 0.05) is 36.1 Å². The van der Waals surface area contributed by atoms with Crippen molar-refractivity contribution in [2.45, 2.75) is 26.4 Å². The van der Waals surface area contributed by atoms with Gasteiger partial charge in [0.15, 0.2) is 5.82 Å². The molecule has 0 aromatic carbocycles. The van der Waals surface area contributed by atoms with Gasteiger partial charge in [-0.1, -0.05) is 6.07 Å². The molecular formula is C22H23N7OS. The van der Waals surface area contributed by atoms with Crippen LogP contribution in [0.3, 0.4) is 0 Å². The van der Waals surface area contributed by atoms with Crippen molar-refractivity contribution in [3.8, 4) is 11.5 Å². The van der Waals surface area contributed by atoms with Crippen LogP contribution in [0.25, 0.3) is 17.2 Å². The van der Waals surface area contributed by atoms with Crippen molar-refractivity contribution in [2.24, 2.45) is 5.73 Å². The zero-order valence-corrected chi connectivity index (χ0v) is 18.2. The maximum absolute atomic E-state index is 11.9. The summed E-state index contributed by atoms with van der Waals surface area (Å²) < 4.78 is 1.86. The molecule has 1 aliphatic rings. The molecule has 0 spiro atoms. The number of pyridine rings is 1. The molecule has 0 atom stereocenters. The number of hydrogen-bond donors (Lipinski definition) is 2. The van der Waals surface area contributed by atoms with Crippen LogP contribution in [0.15, 0.2) is 35.8 Å². The van der Waals surface area contributed by atoms with Crippen LogP contribution in [0.5, 0.6) is 0 Å². The van der Waals surface area contributed by atoms with Gasteiger partial charge in [-0.15, -0.1) is 11.3 Å². The van der Waals surface area contributed by atoms with Gasteiger partial charge < -0.3 is 16.0 Å².